The smallest absolute Gasteiger partial charge is 0.197 e. The van der Waals surface area contributed by atoms with Crippen LogP contribution in [0.2, 0.25) is 0 Å². The molecule has 0 spiro atoms. The van der Waals surface area contributed by atoms with Gasteiger partial charge in [0.25, 0.3) is 0 Å². The van der Waals surface area contributed by atoms with E-state index < -0.39 is 0 Å². The molecular weight excluding hydrogens is 302 g/mol. The molecule has 4 N–H and O–H groups in total. The highest BCUT2D eigenvalue weighted by atomic mass is 79.9. The number of hydrogen-bond donors (Lipinski definition) is 2. The summed E-state index contributed by atoms with van der Waals surface area (Å²) >= 11 is 4.75. The lowest BCUT2D eigenvalue weighted by molar-refractivity contribution is 0.973. The highest BCUT2D eigenvalue weighted by Crippen LogP contribution is 2.30. The molecule has 88 valence electrons. The van der Waals surface area contributed by atoms with Crippen LogP contribution in [0.25, 0.3) is 0 Å². The summed E-state index contributed by atoms with van der Waals surface area (Å²) in [6.07, 6.45) is 1.78. The van der Waals surface area contributed by atoms with Gasteiger partial charge in [-0.2, -0.15) is 0 Å². The molecule has 2 rings (SSSR count). The lowest BCUT2D eigenvalue weighted by Crippen LogP contribution is -1.99. The van der Waals surface area contributed by atoms with Crippen molar-refractivity contribution in [3.8, 4) is 0 Å². The summed E-state index contributed by atoms with van der Waals surface area (Å²) in [6, 6.07) is 3.49. The maximum absolute atomic E-state index is 5.60. The Morgan fingerprint density at radius 3 is 2.41 bits per heavy atom. The molecule has 5 nitrogen and oxygen atoms in total. The first kappa shape index (κ1) is 12.1. The molecule has 0 fully saturated rings. The summed E-state index contributed by atoms with van der Waals surface area (Å²) in [5, 5.41) is 1.26. The van der Waals surface area contributed by atoms with Crippen molar-refractivity contribution < 1.29 is 0 Å². The van der Waals surface area contributed by atoms with Crippen LogP contribution in [0.3, 0.4) is 0 Å². The summed E-state index contributed by atoms with van der Waals surface area (Å²) in [7, 11) is 0. The zero-order chi connectivity index (χ0) is 12.4. The zero-order valence-corrected chi connectivity index (χ0v) is 11.4. The molecule has 0 aromatic carbocycles. The zero-order valence-electron chi connectivity index (χ0n) is 9.01. The lowest BCUT2D eigenvalue weighted by Gasteiger charge is -2.04. The molecule has 0 saturated heterocycles. The maximum Gasteiger partial charge on any atom is 0.197 e. The predicted octanol–water partition coefficient (Wildman–Crippen LogP) is 2.26. The third-order valence-corrected chi connectivity index (χ3v) is 3.63. The normalized spacial score (nSPS) is 10.5. The van der Waals surface area contributed by atoms with Crippen molar-refractivity contribution in [2.24, 2.45) is 0 Å². The van der Waals surface area contributed by atoms with Crippen molar-refractivity contribution in [1.29, 1.82) is 0 Å². The number of nitrogens with two attached hydrogens (primary N) is 2. The number of halogens is 1. The Balaban J connectivity index is 2.31. The van der Waals surface area contributed by atoms with Gasteiger partial charge in [0.2, 0.25) is 0 Å². The molecule has 0 bridgehead atoms. The van der Waals surface area contributed by atoms with E-state index in [1.807, 2.05) is 13.0 Å². The van der Waals surface area contributed by atoms with Crippen molar-refractivity contribution in [2.75, 3.05) is 11.5 Å². The van der Waals surface area contributed by atoms with Crippen LogP contribution in [0.15, 0.2) is 33.0 Å². The second-order valence-electron chi connectivity index (χ2n) is 3.40. The van der Waals surface area contributed by atoms with E-state index in [9.17, 15) is 0 Å². The molecule has 0 unspecified atom stereocenters. The Labute approximate surface area is 111 Å². The molecule has 2 aromatic rings. The van der Waals surface area contributed by atoms with Gasteiger partial charge in [-0.25, -0.2) is 15.0 Å². The summed E-state index contributed by atoms with van der Waals surface area (Å²) in [5.74, 6) is 0.700. The molecule has 0 atom stereocenters. The van der Waals surface area contributed by atoms with Gasteiger partial charge >= 0.3 is 0 Å². The fourth-order valence-corrected chi connectivity index (χ4v) is 2.63. The SMILES string of the molecule is Cc1cnc(Sc2nc(N)cc(N)n2)c(Br)c1. The molecule has 2 heterocycles. The number of anilines is 2. The van der Waals surface area contributed by atoms with Crippen LogP contribution in [0.4, 0.5) is 11.6 Å². The van der Waals surface area contributed by atoms with E-state index >= 15 is 0 Å². The monoisotopic (exact) mass is 311 g/mol. The molecule has 0 amide bonds. The van der Waals surface area contributed by atoms with Crippen LogP contribution in [-0.4, -0.2) is 15.0 Å². The molecule has 2 aromatic heterocycles. The summed E-state index contributed by atoms with van der Waals surface area (Å²) in [6.45, 7) is 1.97. The highest BCUT2D eigenvalue weighted by molar-refractivity contribution is 9.10. The highest BCUT2D eigenvalue weighted by Gasteiger charge is 2.08. The second kappa shape index (κ2) is 4.89. The number of aryl methyl sites for hydroxylation is 1. The molecule has 0 aliphatic carbocycles. The van der Waals surface area contributed by atoms with Crippen LogP contribution in [0.5, 0.6) is 0 Å². The van der Waals surface area contributed by atoms with E-state index in [4.69, 9.17) is 11.5 Å². The van der Waals surface area contributed by atoms with Crippen LogP contribution in [0, 0.1) is 6.92 Å². The van der Waals surface area contributed by atoms with Gasteiger partial charge < -0.3 is 11.5 Å². The van der Waals surface area contributed by atoms with E-state index in [2.05, 4.69) is 30.9 Å². The minimum absolute atomic E-state index is 0.350. The number of pyridine rings is 1. The minimum Gasteiger partial charge on any atom is -0.383 e. The van der Waals surface area contributed by atoms with Gasteiger partial charge in [-0.05, 0) is 46.2 Å². The Hall–Kier alpha value is -1.34. The number of hydrogen-bond acceptors (Lipinski definition) is 6. The quantitative estimate of drug-likeness (QED) is 0.827. The lowest BCUT2D eigenvalue weighted by atomic mass is 10.3. The second-order valence-corrected chi connectivity index (χ2v) is 5.21. The summed E-state index contributed by atoms with van der Waals surface area (Å²) in [5.41, 5.74) is 12.3. The molecule has 0 aliphatic rings. The largest absolute Gasteiger partial charge is 0.383 e. The van der Waals surface area contributed by atoms with Gasteiger partial charge in [-0.1, -0.05) is 0 Å². The van der Waals surface area contributed by atoms with Crippen molar-refractivity contribution >= 4 is 39.3 Å². The molecular formula is C10H10BrN5S. The van der Waals surface area contributed by atoms with Gasteiger partial charge in [-0.15, -0.1) is 0 Å². The maximum atomic E-state index is 5.60. The number of aromatic nitrogens is 3. The van der Waals surface area contributed by atoms with Gasteiger partial charge in [0.05, 0.1) is 4.47 Å². The van der Waals surface area contributed by atoms with E-state index in [-0.39, 0.29) is 0 Å². The van der Waals surface area contributed by atoms with Crippen molar-refractivity contribution in [3.05, 3.63) is 28.4 Å². The number of nitrogens with zero attached hydrogens (tertiary/aromatic N) is 3. The van der Waals surface area contributed by atoms with E-state index in [1.165, 1.54) is 17.8 Å². The van der Waals surface area contributed by atoms with Crippen molar-refractivity contribution in [3.63, 3.8) is 0 Å². The fourth-order valence-electron chi connectivity index (χ4n) is 1.19. The molecule has 0 aliphatic heterocycles. The van der Waals surface area contributed by atoms with Crippen LogP contribution in [-0.2, 0) is 0 Å². The van der Waals surface area contributed by atoms with Gasteiger partial charge in [0, 0.05) is 12.3 Å². The van der Waals surface area contributed by atoms with Gasteiger partial charge in [-0.3, -0.25) is 0 Å². The van der Waals surface area contributed by atoms with Crippen LogP contribution >= 0.6 is 27.7 Å². The van der Waals surface area contributed by atoms with E-state index in [0.717, 1.165) is 15.1 Å². The fraction of sp³-hybridized carbons (Fsp3) is 0.100. The predicted molar refractivity (Wildman–Crippen MR) is 71.7 cm³/mol. The minimum atomic E-state index is 0.350. The Morgan fingerprint density at radius 1 is 1.18 bits per heavy atom. The topological polar surface area (TPSA) is 90.7 Å². The van der Waals surface area contributed by atoms with Crippen molar-refractivity contribution in [2.45, 2.75) is 17.1 Å². The molecule has 0 radical (unpaired) electrons. The Bertz CT molecular complexity index is 540. The average molecular weight is 312 g/mol. The van der Waals surface area contributed by atoms with E-state index in [1.54, 1.807) is 6.20 Å². The van der Waals surface area contributed by atoms with Gasteiger partial charge in [0.15, 0.2) is 5.16 Å². The molecule has 17 heavy (non-hydrogen) atoms. The first-order chi connectivity index (χ1) is 8.04. The summed E-state index contributed by atoms with van der Waals surface area (Å²) in [4.78, 5) is 12.5. The molecule has 7 heteroatoms. The Morgan fingerprint density at radius 2 is 1.82 bits per heavy atom. The first-order valence-corrected chi connectivity index (χ1v) is 6.35. The summed E-state index contributed by atoms with van der Waals surface area (Å²) < 4.78 is 0.895. The third kappa shape index (κ3) is 3.07. The third-order valence-electron chi connectivity index (χ3n) is 1.88. The first-order valence-electron chi connectivity index (χ1n) is 4.74. The number of rotatable bonds is 2. The molecule has 0 saturated carbocycles. The van der Waals surface area contributed by atoms with Crippen molar-refractivity contribution in [1.82, 2.24) is 15.0 Å². The number of nitrogen functional groups attached to an aromatic ring is 2. The van der Waals surface area contributed by atoms with E-state index in [0.29, 0.717) is 16.8 Å². The van der Waals surface area contributed by atoms with Gasteiger partial charge in [0.1, 0.15) is 16.7 Å². The van der Waals surface area contributed by atoms with Crippen LogP contribution < -0.4 is 11.5 Å². The average Bonchev–Trinajstić information content (AvgIpc) is 2.21. The van der Waals surface area contributed by atoms with Crippen LogP contribution in [0.1, 0.15) is 5.56 Å². The standard InChI is InChI=1S/C10H10BrN5S/c1-5-2-6(11)9(14-4-5)17-10-15-7(12)3-8(13)16-10/h2-4H,1H3,(H4,12,13,15,16). The Kier molecular flexibility index (Phi) is 3.49.